The van der Waals surface area contributed by atoms with E-state index in [1.807, 2.05) is 0 Å². The van der Waals surface area contributed by atoms with Gasteiger partial charge in [-0.15, -0.1) is 0 Å². The third-order valence-corrected chi connectivity index (χ3v) is 3.99. The van der Waals surface area contributed by atoms with Gasteiger partial charge in [0.05, 0.1) is 19.1 Å². The lowest BCUT2D eigenvalue weighted by Crippen LogP contribution is -2.24. The Morgan fingerprint density at radius 3 is 2.68 bits per heavy atom. The van der Waals surface area contributed by atoms with E-state index in [2.05, 4.69) is 19.8 Å². The lowest BCUT2D eigenvalue weighted by atomic mass is 10.4. The topological polar surface area (TPSA) is 97.4 Å². The number of nitrogens with one attached hydrogen (secondary N) is 2. The number of ether oxygens (including phenoxy) is 1. The maximum absolute atomic E-state index is 11.4. The minimum Gasteiger partial charge on any atom is -0.465 e. The van der Waals surface area contributed by atoms with Gasteiger partial charge in [0.2, 0.25) is 10.0 Å². The average molecular weight is 307 g/mol. The quantitative estimate of drug-likeness (QED) is 0.565. The van der Waals surface area contributed by atoms with Crippen LogP contribution in [0.25, 0.3) is 0 Å². The van der Waals surface area contributed by atoms with Crippen molar-refractivity contribution in [2.24, 2.45) is 0 Å². The molecule has 0 aliphatic heterocycles. The summed E-state index contributed by atoms with van der Waals surface area (Å²) >= 11 is 1.22. The van der Waals surface area contributed by atoms with E-state index < -0.39 is 16.0 Å². The van der Waals surface area contributed by atoms with Gasteiger partial charge in [-0.1, -0.05) is 11.3 Å². The zero-order valence-electron chi connectivity index (χ0n) is 11.0. The summed E-state index contributed by atoms with van der Waals surface area (Å²) in [5.74, 6) is -0.401. The normalized spacial score (nSPS) is 11.3. The summed E-state index contributed by atoms with van der Waals surface area (Å²) in [5.41, 5.74) is 0.619. The summed E-state index contributed by atoms with van der Waals surface area (Å²) in [5, 5.41) is 3.66. The van der Waals surface area contributed by atoms with E-state index in [0.29, 0.717) is 35.2 Å². The fraction of sp³-hybridized carbons (Fsp3) is 0.600. The monoisotopic (exact) mass is 307 g/mol. The lowest BCUT2D eigenvalue weighted by molar-refractivity contribution is 0.0605. The van der Waals surface area contributed by atoms with Crippen molar-refractivity contribution in [3.05, 3.63) is 10.6 Å². The molecule has 0 amide bonds. The van der Waals surface area contributed by atoms with Crippen molar-refractivity contribution in [1.29, 1.82) is 0 Å². The van der Waals surface area contributed by atoms with Gasteiger partial charge in [-0.25, -0.2) is 22.9 Å². The third kappa shape index (κ3) is 5.53. The summed E-state index contributed by atoms with van der Waals surface area (Å²) < 4.78 is 28.7. The number of aryl methyl sites for hydroxylation is 1. The van der Waals surface area contributed by atoms with Gasteiger partial charge in [-0.3, -0.25) is 0 Å². The summed E-state index contributed by atoms with van der Waals surface area (Å²) in [6.45, 7) is 2.66. The van der Waals surface area contributed by atoms with Crippen LogP contribution in [0, 0.1) is 6.92 Å². The second-order valence-electron chi connectivity index (χ2n) is 3.87. The summed E-state index contributed by atoms with van der Waals surface area (Å²) in [6, 6.07) is 0. The van der Waals surface area contributed by atoms with Crippen LogP contribution in [0.2, 0.25) is 0 Å². The number of methoxy groups -OCH3 is 1. The third-order valence-electron chi connectivity index (χ3n) is 2.16. The molecule has 2 N–H and O–H groups in total. The molecule has 0 unspecified atom stereocenters. The number of thiazole rings is 1. The highest BCUT2D eigenvalue weighted by molar-refractivity contribution is 7.88. The highest BCUT2D eigenvalue weighted by Gasteiger charge is 2.15. The highest BCUT2D eigenvalue weighted by atomic mass is 32.2. The molecule has 0 saturated heterocycles. The Hall–Kier alpha value is -1.19. The molecule has 108 valence electrons. The van der Waals surface area contributed by atoms with Crippen LogP contribution in [-0.4, -0.2) is 45.8 Å². The van der Waals surface area contributed by atoms with Gasteiger partial charge in [-0.05, 0) is 13.3 Å². The molecular formula is C10H17N3O4S2. The van der Waals surface area contributed by atoms with Crippen LogP contribution in [-0.2, 0) is 14.8 Å². The molecule has 0 aliphatic rings. The van der Waals surface area contributed by atoms with Crippen LogP contribution in [0.4, 0.5) is 5.13 Å². The van der Waals surface area contributed by atoms with Crippen molar-refractivity contribution in [3.8, 4) is 0 Å². The Bertz CT molecular complexity index is 539. The Balaban J connectivity index is 2.40. The molecular weight excluding hydrogens is 290 g/mol. The van der Waals surface area contributed by atoms with E-state index in [0.717, 1.165) is 6.26 Å². The molecule has 0 fully saturated rings. The summed E-state index contributed by atoms with van der Waals surface area (Å²) in [7, 11) is -1.81. The number of carbonyl (C=O) groups is 1. The first-order valence-electron chi connectivity index (χ1n) is 5.57. The number of sulfonamides is 1. The molecule has 1 aromatic heterocycles. The number of rotatable bonds is 7. The van der Waals surface area contributed by atoms with E-state index in [9.17, 15) is 13.2 Å². The van der Waals surface area contributed by atoms with Gasteiger partial charge < -0.3 is 10.1 Å². The minimum absolute atomic E-state index is 0.361. The second-order valence-corrected chi connectivity index (χ2v) is 6.70. The molecule has 0 saturated carbocycles. The molecule has 0 aromatic carbocycles. The zero-order valence-corrected chi connectivity index (χ0v) is 12.7. The highest BCUT2D eigenvalue weighted by Crippen LogP contribution is 2.22. The lowest BCUT2D eigenvalue weighted by Gasteiger charge is -2.03. The second kappa shape index (κ2) is 6.83. The molecule has 1 rings (SSSR count). The number of aromatic nitrogens is 1. The molecule has 0 bridgehead atoms. The Kier molecular flexibility index (Phi) is 5.70. The maximum Gasteiger partial charge on any atom is 0.350 e. The van der Waals surface area contributed by atoms with E-state index in [1.54, 1.807) is 6.92 Å². The first kappa shape index (κ1) is 15.9. The Morgan fingerprint density at radius 2 is 2.11 bits per heavy atom. The van der Waals surface area contributed by atoms with Crippen LogP contribution in [0.5, 0.6) is 0 Å². The molecule has 0 aliphatic carbocycles. The van der Waals surface area contributed by atoms with Crippen molar-refractivity contribution < 1.29 is 17.9 Å². The van der Waals surface area contributed by atoms with Crippen LogP contribution < -0.4 is 10.0 Å². The van der Waals surface area contributed by atoms with E-state index in [4.69, 9.17) is 0 Å². The largest absolute Gasteiger partial charge is 0.465 e. The average Bonchev–Trinajstić information content (AvgIpc) is 2.67. The van der Waals surface area contributed by atoms with Crippen molar-refractivity contribution in [2.45, 2.75) is 13.3 Å². The minimum atomic E-state index is -3.14. The number of anilines is 1. The van der Waals surface area contributed by atoms with Crippen molar-refractivity contribution in [1.82, 2.24) is 9.71 Å². The summed E-state index contributed by atoms with van der Waals surface area (Å²) in [4.78, 5) is 16.0. The zero-order chi connectivity index (χ0) is 14.5. The van der Waals surface area contributed by atoms with E-state index in [-0.39, 0.29) is 0 Å². The summed E-state index contributed by atoms with van der Waals surface area (Å²) in [6.07, 6.45) is 1.74. The maximum atomic E-state index is 11.4. The fourth-order valence-corrected chi connectivity index (χ4v) is 2.72. The fourth-order valence-electron chi connectivity index (χ4n) is 1.30. The molecule has 1 aromatic rings. The first-order valence-corrected chi connectivity index (χ1v) is 8.28. The predicted octanol–water partition coefficient (Wildman–Crippen LogP) is 0.589. The molecule has 0 radical (unpaired) electrons. The number of esters is 1. The van der Waals surface area contributed by atoms with Gasteiger partial charge in [-0.2, -0.15) is 0 Å². The standard InChI is InChI=1S/C10H17N3O4S2/c1-7-8(9(14)17-2)18-10(13-7)11-5-4-6-12-19(3,15)16/h12H,4-6H2,1-3H3,(H,11,13). The SMILES string of the molecule is COC(=O)c1sc(NCCCNS(C)(=O)=O)nc1C. The van der Waals surface area contributed by atoms with Crippen LogP contribution in [0.15, 0.2) is 0 Å². The first-order chi connectivity index (χ1) is 8.83. The number of hydrogen-bond donors (Lipinski definition) is 2. The number of hydrogen-bond acceptors (Lipinski definition) is 7. The number of nitrogens with zero attached hydrogens (tertiary/aromatic N) is 1. The molecule has 19 heavy (non-hydrogen) atoms. The van der Waals surface area contributed by atoms with Gasteiger partial charge in [0, 0.05) is 13.1 Å². The Morgan fingerprint density at radius 1 is 1.42 bits per heavy atom. The van der Waals surface area contributed by atoms with Gasteiger partial charge in [0.25, 0.3) is 0 Å². The smallest absolute Gasteiger partial charge is 0.350 e. The van der Waals surface area contributed by atoms with Gasteiger partial charge >= 0.3 is 5.97 Å². The van der Waals surface area contributed by atoms with Crippen molar-refractivity contribution in [3.63, 3.8) is 0 Å². The molecule has 7 nitrogen and oxygen atoms in total. The van der Waals surface area contributed by atoms with Crippen LogP contribution in [0.1, 0.15) is 21.8 Å². The predicted molar refractivity (Wildman–Crippen MR) is 74.1 cm³/mol. The van der Waals surface area contributed by atoms with Crippen molar-refractivity contribution >= 4 is 32.5 Å². The molecule has 0 spiro atoms. The Labute approximate surface area is 116 Å². The van der Waals surface area contributed by atoms with E-state index in [1.165, 1.54) is 18.4 Å². The molecule has 0 atom stereocenters. The van der Waals surface area contributed by atoms with Crippen molar-refractivity contribution in [2.75, 3.05) is 31.8 Å². The number of carbonyl (C=O) groups excluding carboxylic acids is 1. The van der Waals surface area contributed by atoms with Crippen LogP contribution >= 0.6 is 11.3 Å². The molecule has 9 heteroatoms. The van der Waals surface area contributed by atoms with Gasteiger partial charge in [0.15, 0.2) is 5.13 Å². The van der Waals surface area contributed by atoms with Crippen LogP contribution in [0.3, 0.4) is 0 Å². The van der Waals surface area contributed by atoms with Gasteiger partial charge in [0.1, 0.15) is 4.88 Å². The van der Waals surface area contributed by atoms with E-state index >= 15 is 0 Å². The molecule has 1 heterocycles.